The van der Waals surface area contributed by atoms with E-state index in [0.29, 0.717) is 5.56 Å². The molecular formula is C14H16F2N4O3S. The number of halogens is 2. The van der Waals surface area contributed by atoms with E-state index < -0.39 is 28.9 Å². The molecular weight excluding hydrogens is 342 g/mol. The number of benzene rings is 1. The summed E-state index contributed by atoms with van der Waals surface area (Å²) in [5.41, 5.74) is 0.797. The van der Waals surface area contributed by atoms with Crippen LogP contribution >= 0.6 is 0 Å². The first-order chi connectivity index (χ1) is 11.3. The zero-order valence-electron chi connectivity index (χ0n) is 12.7. The third kappa shape index (κ3) is 4.83. The Morgan fingerprint density at radius 3 is 2.50 bits per heavy atom. The molecule has 0 atom stereocenters. The Balaban J connectivity index is 2.01. The number of carbonyl (C=O) groups is 1. The van der Waals surface area contributed by atoms with Crippen LogP contribution in [-0.2, 0) is 23.6 Å². The van der Waals surface area contributed by atoms with Crippen LogP contribution in [-0.4, -0.2) is 37.1 Å². The van der Waals surface area contributed by atoms with Crippen LogP contribution in [0.3, 0.4) is 0 Å². The number of sulfonamides is 1. The van der Waals surface area contributed by atoms with Gasteiger partial charge in [0.1, 0.15) is 0 Å². The van der Waals surface area contributed by atoms with Crippen molar-refractivity contribution in [3.63, 3.8) is 0 Å². The van der Waals surface area contributed by atoms with E-state index in [1.807, 2.05) is 5.32 Å². The normalized spacial score (nSPS) is 11.7. The van der Waals surface area contributed by atoms with Crippen molar-refractivity contribution in [3.8, 4) is 0 Å². The summed E-state index contributed by atoms with van der Waals surface area (Å²) in [6.07, 6.45) is 0.572. The lowest BCUT2D eigenvalue weighted by Gasteiger charge is -2.07. The molecule has 7 nitrogen and oxygen atoms in total. The highest BCUT2D eigenvalue weighted by Gasteiger charge is 2.15. The SMILES string of the molecule is Cn1cc(CNS(=O)(=O)c2ccc(C(=O)NCC(F)F)cc2)cn1. The first-order valence-corrected chi connectivity index (χ1v) is 8.40. The van der Waals surface area contributed by atoms with Crippen LogP contribution in [0.15, 0.2) is 41.6 Å². The van der Waals surface area contributed by atoms with Gasteiger partial charge in [0, 0.05) is 30.9 Å². The fourth-order valence-corrected chi connectivity index (χ4v) is 2.90. The average molecular weight is 358 g/mol. The molecule has 2 N–H and O–H groups in total. The third-order valence-corrected chi connectivity index (χ3v) is 4.49. The maximum absolute atomic E-state index is 12.2. The van der Waals surface area contributed by atoms with Gasteiger partial charge in [0.25, 0.3) is 12.3 Å². The maximum Gasteiger partial charge on any atom is 0.255 e. The number of hydrogen-bond donors (Lipinski definition) is 2. The zero-order chi connectivity index (χ0) is 17.7. The minimum atomic E-state index is -3.76. The van der Waals surface area contributed by atoms with Crippen molar-refractivity contribution in [1.82, 2.24) is 19.8 Å². The summed E-state index contributed by atoms with van der Waals surface area (Å²) in [4.78, 5) is 11.6. The summed E-state index contributed by atoms with van der Waals surface area (Å²) in [6.45, 7) is -0.682. The second-order valence-corrected chi connectivity index (χ2v) is 6.74. The van der Waals surface area contributed by atoms with E-state index in [1.54, 1.807) is 24.1 Å². The third-order valence-electron chi connectivity index (χ3n) is 3.07. The minimum absolute atomic E-state index is 0.0307. The van der Waals surface area contributed by atoms with Gasteiger partial charge in [-0.25, -0.2) is 21.9 Å². The second kappa shape index (κ2) is 7.49. The number of nitrogens with one attached hydrogen (secondary N) is 2. The van der Waals surface area contributed by atoms with Gasteiger partial charge in [0.15, 0.2) is 0 Å². The molecule has 10 heteroatoms. The Labute approximate surface area is 137 Å². The number of rotatable bonds is 7. The topological polar surface area (TPSA) is 93.1 Å². The number of nitrogens with zero attached hydrogens (tertiary/aromatic N) is 2. The molecule has 0 aliphatic rings. The van der Waals surface area contributed by atoms with Crippen LogP contribution < -0.4 is 10.0 Å². The average Bonchev–Trinajstić information content (AvgIpc) is 2.96. The molecule has 0 fully saturated rings. The Kier molecular flexibility index (Phi) is 5.62. The fraction of sp³-hybridized carbons (Fsp3) is 0.286. The minimum Gasteiger partial charge on any atom is -0.346 e. The molecule has 1 aromatic heterocycles. The lowest BCUT2D eigenvalue weighted by atomic mass is 10.2. The lowest BCUT2D eigenvalue weighted by molar-refractivity contribution is 0.0891. The smallest absolute Gasteiger partial charge is 0.255 e. The van der Waals surface area contributed by atoms with Crippen molar-refractivity contribution in [3.05, 3.63) is 47.8 Å². The summed E-state index contributed by atoms with van der Waals surface area (Å²) in [5, 5.41) is 5.98. The van der Waals surface area contributed by atoms with Gasteiger partial charge in [-0.1, -0.05) is 0 Å². The van der Waals surface area contributed by atoms with E-state index in [1.165, 1.54) is 24.3 Å². The number of aryl methyl sites for hydroxylation is 1. The van der Waals surface area contributed by atoms with E-state index in [2.05, 4.69) is 9.82 Å². The second-order valence-electron chi connectivity index (χ2n) is 4.97. The molecule has 0 saturated carbocycles. The lowest BCUT2D eigenvalue weighted by Crippen LogP contribution is -2.28. The number of amides is 1. The van der Waals surface area contributed by atoms with Gasteiger partial charge < -0.3 is 5.32 Å². The van der Waals surface area contributed by atoms with Crippen LogP contribution in [0, 0.1) is 0 Å². The van der Waals surface area contributed by atoms with Crippen LogP contribution in [0.5, 0.6) is 0 Å². The Hall–Kier alpha value is -2.33. The molecule has 0 spiro atoms. The molecule has 1 heterocycles. The molecule has 0 radical (unpaired) electrons. The highest BCUT2D eigenvalue weighted by molar-refractivity contribution is 7.89. The van der Waals surface area contributed by atoms with E-state index in [0.717, 1.165) is 0 Å². The number of carbonyl (C=O) groups excluding carboxylic acids is 1. The number of aromatic nitrogens is 2. The van der Waals surface area contributed by atoms with Gasteiger partial charge in [-0.05, 0) is 24.3 Å². The van der Waals surface area contributed by atoms with E-state index in [9.17, 15) is 22.0 Å². The van der Waals surface area contributed by atoms with Crippen molar-refractivity contribution in [2.24, 2.45) is 7.05 Å². The van der Waals surface area contributed by atoms with E-state index in [-0.39, 0.29) is 17.0 Å². The predicted octanol–water partition coefficient (Wildman–Crippen LogP) is 0.894. The van der Waals surface area contributed by atoms with Crippen molar-refractivity contribution < 1.29 is 22.0 Å². The summed E-state index contributed by atoms with van der Waals surface area (Å²) in [7, 11) is -2.04. The fourth-order valence-electron chi connectivity index (χ4n) is 1.88. The zero-order valence-corrected chi connectivity index (χ0v) is 13.6. The molecule has 0 aliphatic carbocycles. The van der Waals surface area contributed by atoms with Crippen molar-refractivity contribution >= 4 is 15.9 Å². The van der Waals surface area contributed by atoms with Crippen molar-refractivity contribution in [2.75, 3.05) is 6.54 Å². The van der Waals surface area contributed by atoms with Crippen LogP contribution in [0.1, 0.15) is 15.9 Å². The maximum atomic E-state index is 12.2. The van der Waals surface area contributed by atoms with Gasteiger partial charge in [-0.3, -0.25) is 9.48 Å². The quantitative estimate of drug-likeness (QED) is 0.769. The summed E-state index contributed by atoms with van der Waals surface area (Å²) in [6, 6.07) is 5.00. The van der Waals surface area contributed by atoms with Crippen LogP contribution in [0.2, 0.25) is 0 Å². The van der Waals surface area contributed by atoms with E-state index in [4.69, 9.17) is 0 Å². The summed E-state index contributed by atoms with van der Waals surface area (Å²) >= 11 is 0. The Morgan fingerprint density at radius 1 is 1.29 bits per heavy atom. The largest absolute Gasteiger partial charge is 0.346 e. The molecule has 0 saturated heterocycles. The first kappa shape index (κ1) is 18.0. The number of alkyl halides is 2. The number of hydrogen-bond acceptors (Lipinski definition) is 4. The Morgan fingerprint density at radius 2 is 1.96 bits per heavy atom. The first-order valence-electron chi connectivity index (χ1n) is 6.91. The van der Waals surface area contributed by atoms with Gasteiger partial charge in [0.2, 0.25) is 10.0 Å². The molecule has 0 unspecified atom stereocenters. The van der Waals surface area contributed by atoms with Crippen molar-refractivity contribution in [1.29, 1.82) is 0 Å². The Bertz CT molecular complexity index is 804. The monoisotopic (exact) mass is 358 g/mol. The van der Waals surface area contributed by atoms with Crippen LogP contribution in [0.4, 0.5) is 8.78 Å². The molecule has 2 aromatic rings. The van der Waals surface area contributed by atoms with E-state index >= 15 is 0 Å². The highest BCUT2D eigenvalue weighted by atomic mass is 32.2. The molecule has 2 rings (SSSR count). The summed E-state index contributed by atoms with van der Waals surface area (Å²) < 4.78 is 52.4. The standard InChI is InChI=1S/C14H16F2N4O3S/c1-20-9-10(6-18-20)7-19-24(22,23)12-4-2-11(3-5-12)14(21)17-8-13(15)16/h2-6,9,13,19H,7-8H2,1H3,(H,17,21). The molecule has 1 amide bonds. The van der Waals surface area contributed by atoms with Gasteiger partial charge >= 0.3 is 0 Å². The van der Waals surface area contributed by atoms with Gasteiger partial charge in [-0.2, -0.15) is 5.10 Å². The summed E-state index contributed by atoms with van der Waals surface area (Å²) in [5.74, 6) is -0.692. The molecule has 0 bridgehead atoms. The molecule has 0 aliphatic heterocycles. The van der Waals surface area contributed by atoms with Crippen molar-refractivity contribution in [2.45, 2.75) is 17.9 Å². The van der Waals surface area contributed by atoms with Gasteiger partial charge in [0.05, 0.1) is 17.6 Å². The molecule has 1 aromatic carbocycles. The molecule has 24 heavy (non-hydrogen) atoms. The highest BCUT2D eigenvalue weighted by Crippen LogP contribution is 2.11. The van der Waals surface area contributed by atoms with Gasteiger partial charge in [-0.15, -0.1) is 0 Å². The van der Waals surface area contributed by atoms with Crippen LogP contribution in [0.25, 0.3) is 0 Å². The molecule has 130 valence electrons. The predicted molar refractivity (Wildman–Crippen MR) is 82.0 cm³/mol.